The maximum absolute atomic E-state index is 13.0. The lowest BCUT2D eigenvalue weighted by molar-refractivity contribution is -0.132. The number of nitrogens with zero attached hydrogens (tertiary/aromatic N) is 3. The Morgan fingerprint density at radius 2 is 2.00 bits per heavy atom. The minimum absolute atomic E-state index is 0.00905. The minimum atomic E-state index is -0.00905. The molecule has 156 valence electrons. The van der Waals surface area contributed by atoms with Gasteiger partial charge in [-0.1, -0.05) is 18.2 Å². The van der Waals surface area contributed by atoms with Gasteiger partial charge in [0.2, 0.25) is 11.8 Å². The van der Waals surface area contributed by atoms with Gasteiger partial charge in [-0.3, -0.25) is 4.79 Å². The lowest BCUT2D eigenvalue weighted by atomic mass is 10.2. The molecule has 0 radical (unpaired) electrons. The first-order valence-electron chi connectivity index (χ1n) is 9.79. The molecule has 1 aromatic carbocycles. The lowest BCUT2D eigenvalue weighted by Gasteiger charge is -2.23. The van der Waals surface area contributed by atoms with Crippen LogP contribution in [0.3, 0.4) is 0 Å². The van der Waals surface area contributed by atoms with Crippen molar-refractivity contribution in [1.82, 2.24) is 14.9 Å². The van der Waals surface area contributed by atoms with E-state index in [0.29, 0.717) is 50.3 Å². The number of fused-ring (bicyclic) bond motifs is 2. The monoisotopic (exact) mass is 425 g/mol. The van der Waals surface area contributed by atoms with Crippen molar-refractivity contribution in [1.29, 1.82) is 0 Å². The van der Waals surface area contributed by atoms with Crippen LogP contribution in [0.2, 0.25) is 0 Å². The fraction of sp³-hybridized carbons (Fsp3) is 0.318. The molecule has 1 aliphatic rings. The SMILES string of the molecule is Cc1nc(CC(=O)N2CCOCCOc3ccccc3Oc3ncccc3C2)cs1. The molecule has 0 fully saturated rings. The van der Waals surface area contributed by atoms with E-state index in [1.807, 2.05) is 48.7 Å². The van der Waals surface area contributed by atoms with Crippen LogP contribution in [0.15, 0.2) is 48.0 Å². The van der Waals surface area contributed by atoms with Crippen molar-refractivity contribution < 1.29 is 19.0 Å². The van der Waals surface area contributed by atoms with Gasteiger partial charge in [-0.25, -0.2) is 9.97 Å². The van der Waals surface area contributed by atoms with Crippen molar-refractivity contribution in [2.75, 3.05) is 26.4 Å². The van der Waals surface area contributed by atoms with E-state index in [9.17, 15) is 4.79 Å². The molecular formula is C22H23N3O4S. The van der Waals surface area contributed by atoms with E-state index >= 15 is 0 Å². The maximum atomic E-state index is 13.0. The van der Waals surface area contributed by atoms with Gasteiger partial charge in [0.1, 0.15) is 6.61 Å². The van der Waals surface area contributed by atoms with Crippen molar-refractivity contribution in [2.45, 2.75) is 19.9 Å². The first kappa shape index (κ1) is 20.3. The molecule has 0 bridgehead atoms. The third kappa shape index (κ3) is 5.14. The van der Waals surface area contributed by atoms with Crippen LogP contribution in [0.5, 0.6) is 17.4 Å². The highest BCUT2D eigenvalue weighted by atomic mass is 32.1. The number of hydrogen-bond acceptors (Lipinski definition) is 7. The molecule has 0 atom stereocenters. The van der Waals surface area contributed by atoms with Crippen LogP contribution in [0.4, 0.5) is 0 Å². The maximum Gasteiger partial charge on any atom is 0.229 e. The number of ether oxygens (including phenoxy) is 3. The van der Waals surface area contributed by atoms with Crippen LogP contribution in [0.1, 0.15) is 16.3 Å². The molecule has 0 spiro atoms. The zero-order chi connectivity index (χ0) is 20.8. The first-order chi connectivity index (χ1) is 14.7. The topological polar surface area (TPSA) is 73.8 Å². The number of aryl methyl sites for hydroxylation is 1. The number of hydrogen-bond donors (Lipinski definition) is 0. The Morgan fingerprint density at radius 1 is 1.13 bits per heavy atom. The third-order valence-corrected chi connectivity index (χ3v) is 5.43. The Labute approximate surface area is 179 Å². The highest BCUT2D eigenvalue weighted by Crippen LogP contribution is 2.32. The molecular weight excluding hydrogens is 402 g/mol. The number of rotatable bonds is 2. The molecule has 0 unspecified atom stereocenters. The van der Waals surface area contributed by atoms with Gasteiger partial charge in [-0.05, 0) is 25.1 Å². The molecule has 0 aliphatic carbocycles. The average molecular weight is 426 g/mol. The predicted octanol–water partition coefficient (Wildman–Crippen LogP) is 3.62. The van der Waals surface area contributed by atoms with Crippen LogP contribution in [-0.2, 0) is 22.5 Å². The number of thiazole rings is 1. The molecule has 4 rings (SSSR count). The molecule has 7 nitrogen and oxygen atoms in total. The largest absolute Gasteiger partial charge is 0.487 e. The molecule has 30 heavy (non-hydrogen) atoms. The quantitative estimate of drug-likeness (QED) is 0.624. The van der Waals surface area contributed by atoms with Gasteiger partial charge in [0.15, 0.2) is 11.5 Å². The van der Waals surface area contributed by atoms with Gasteiger partial charge in [-0.2, -0.15) is 0 Å². The molecule has 1 amide bonds. The second-order valence-electron chi connectivity index (χ2n) is 6.83. The Morgan fingerprint density at radius 3 is 2.83 bits per heavy atom. The normalized spacial score (nSPS) is 14.8. The fourth-order valence-corrected chi connectivity index (χ4v) is 3.75. The summed E-state index contributed by atoms with van der Waals surface area (Å²) < 4.78 is 17.6. The van der Waals surface area contributed by atoms with Crippen molar-refractivity contribution in [3.8, 4) is 17.4 Å². The summed E-state index contributed by atoms with van der Waals surface area (Å²) in [4.78, 5) is 23.6. The fourth-order valence-electron chi connectivity index (χ4n) is 3.14. The van der Waals surface area contributed by atoms with Crippen LogP contribution in [-0.4, -0.2) is 47.1 Å². The van der Waals surface area contributed by atoms with Gasteiger partial charge < -0.3 is 19.1 Å². The number of carbonyl (C=O) groups is 1. The standard InChI is InChI=1S/C22H23N3O4S/c1-16-24-18(15-30-16)13-21(26)25-9-10-27-11-12-28-19-6-2-3-7-20(19)29-22-17(14-25)5-4-8-23-22/h2-8,15H,9-14H2,1H3. The highest BCUT2D eigenvalue weighted by Gasteiger charge is 2.19. The van der Waals surface area contributed by atoms with E-state index in [-0.39, 0.29) is 12.3 Å². The molecule has 2 aromatic heterocycles. The molecule has 1 aliphatic heterocycles. The molecule has 3 aromatic rings. The molecule has 0 saturated heterocycles. The summed E-state index contributed by atoms with van der Waals surface area (Å²) in [6.07, 6.45) is 1.93. The summed E-state index contributed by atoms with van der Waals surface area (Å²) in [6, 6.07) is 11.2. The van der Waals surface area contributed by atoms with E-state index in [0.717, 1.165) is 16.3 Å². The Hall–Kier alpha value is -2.97. The summed E-state index contributed by atoms with van der Waals surface area (Å²) >= 11 is 1.55. The summed E-state index contributed by atoms with van der Waals surface area (Å²) in [5.41, 5.74) is 1.60. The van der Waals surface area contributed by atoms with Gasteiger partial charge in [0.05, 0.1) is 36.9 Å². The van der Waals surface area contributed by atoms with Gasteiger partial charge in [0.25, 0.3) is 0 Å². The second-order valence-corrected chi connectivity index (χ2v) is 7.89. The number of pyridine rings is 1. The predicted molar refractivity (Wildman–Crippen MR) is 113 cm³/mol. The van der Waals surface area contributed by atoms with Crippen LogP contribution >= 0.6 is 11.3 Å². The van der Waals surface area contributed by atoms with Crippen LogP contribution in [0.25, 0.3) is 0 Å². The number of carbonyl (C=O) groups excluding carboxylic acids is 1. The zero-order valence-electron chi connectivity index (χ0n) is 16.7. The summed E-state index contributed by atoms with van der Waals surface area (Å²) in [6.45, 7) is 4.00. The lowest BCUT2D eigenvalue weighted by Crippen LogP contribution is -2.35. The van der Waals surface area contributed by atoms with E-state index in [4.69, 9.17) is 14.2 Å². The smallest absolute Gasteiger partial charge is 0.229 e. The first-order valence-corrected chi connectivity index (χ1v) is 10.7. The number of benzene rings is 1. The molecule has 8 heteroatoms. The number of amides is 1. The van der Waals surface area contributed by atoms with Gasteiger partial charge >= 0.3 is 0 Å². The molecule has 0 saturated carbocycles. The van der Waals surface area contributed by atoms with Crippen molar-refractivity contribution >= 4 is 17.2 Å². The van der Waals surface area contributed by atoms with Crippen LogP contribution in [0, 0.1) is 6.92 Å². The Bertz CT molecular complexity index is 1010. The van der Waals surface area contributed by atoms with Crippen molar-refractivity contribution in [2.24, 2.45) is 0 Å². The van der Waals surface area contributed by atoms with Crippen molar-refractivity contribution in [3.63, 3.8) is 0 Å². The summed E-state index contributed by atoms with van der Waals surface area (Å²) in [5.74, 6) is 1.65. The molecule has 3 heterocycles. The zero-order valence-corrected chi connectivity index (χ0v) is 17.6. The number of para-hydroxylation sites is 2. The summed E-state index contributed by atoms with van der Waals surface area (Å²) in [7, 11) is 0. The third-order valence-electron chi connectivity index (χ3n) is 4.61. The van der Waals surface area contributed by atoms with E-state index in [1.165, 1.54) is 0 Å². The van der Waals surface area contributed by atoms with E-state index < -0.39 is 0 Å². The van der Waals surface area contributed by atoms with Crippen LogP contribution < -0.4 is 9.47 Å². The number of aromatic nitrogens is 2. The minimum Gasteiger partial charge on any atom is -0.487 e. The second kappa shape index (κ2) is 9.69. The van der Waals surface area contributed by atoms with E-state index in [1.54, 1.807) is 22.4 Å². The summed E-state index contributed by atoms with van der Waals surface area (Å²) in [5, 5.41) is 2.88. The van der Waals surface area contributed by atoms with Gasteiger partial charge in [0, 0.05) is 23.7 Å². The van der Waals surface area contributed by atoms with Gasteiger partial charge in [-0.15, -0.1) is 11.3 Å². The Balaban J connectivity index is 1.59. The average Bonchev–Trinajstić information content (AvgIpc) is 3.16. The Kier molecular flexibility index (Phi) is 6.56. The van der Waals surface area contributed by atoms with Crippen molar-refractivity contribution in [3.05, 3.63) is 64.2 Å². The molecule has 0 N–H and O–H groups in total. The van der Waals surface area contributed by atoms with E-state index in [2.05, 4.69) is 9.97 Å². The highest BCUT2D eigenvalue weighted by molar-refractivity contribution is 7.09.